The third kappa shape index (κ3) is 47.5. The minimum Gasteiger partial charge on any atom is -0.477 e. The van der Waals surface area contributed by atoms with Gasteiger partial charge in [-0.15, -0.1) is 0 Å². The molecule has 1 N–H and O–H groups in total. The van der Waals surface area contributed by atoms with Crippen LogP contribution in [0.3, 0.4) is 0 Å². The number of quaternary nitrogens is 1. The second-order valence-corrected chi connectivity index (χ2v) is 19.2. The van der Waals surface area contributed by atoms with Gasteiger partial charge in [0.2, 0.25) is 0 Å². The molecule has 2 atom stereocenters. The second-order valence-electron chi connectivity index (χ2n) is 19.2. The maximum atomic E-state index is 12.8. The molecule has 0 heterocycles. The molecule has 9 heteroatoms. The summed E-state index contributed by atoms with van der Waals surface area (Å²) < 4.78 is 22.8. The zero-order chi connectivity index (χ0) is 46.3. The number of carbonyl (C=O) groups excluding carboxylic acids is 2. The Balaban J connectivity index is 4.18. The number of nitrogens with zero attached hydrogens (tertiary/aromatic N) is 1. The fraction of sp³-hybridized carbons (Fsp3) is 0.870. The zero-order valence-corrected chi connectivity index (χ0v) is 42.0. The van der Waals surface area contributed by atoms with Crippen molar-refractivity contribution in [3.8, 4) is 0 Å². The van der Waals surface area contributed by atoms with Gasteiger partial charge in [-0.2, -0.15) is 0 Å². The van der Waals surface area contributed by atoms with Crippen molar-refractivity contribution in [2.75, 3.05) is 47.5 Å². The molecule has 9 nitrogen and oxygen atoms in total. The molecule has 0 aromatic carbocycles. The van der Waals surface area contributed by atoms with Gasteiger partial charge in [0.1, 0.15) is 13.2 Å². The smallest absolute Gasteiger partial charge is 0.361 e. The standard InChI is InChI=1S/C54H101NO8/c1-6-8-10-12-14-16-18-20-21-22-23-24-25-26-27-28-29-30-31-33-34-36-38-40-42-44-51(56)61-48-50(49-62-54(53(58)59)60-47-46-55(3,4)5)63-52(57)45-43-41-39-37-35-32-19-17-15-13-11-9-7-2/h11,13,17,19,50,54H,6-10,12,14-16,18,20-49H2,1-5H3/p+1/b13-11-,19-17-. The first-order valence-corrected chi connectivity index (χ1v) is 26.5. The second kappa shape index (κ2) is 46.3. The summed E-state index contributed by atoms with van der Waals surface area (Å²) in [5.74, 6) is -2.01. The van der Waals surface area contributed by atoms with Gasteiger partial charge < -0.3 is 28.5 Å². The third-order valence-electron chi connectivity index (χ3n) is 11.7. The summed E-state index contributed by atoms with van der Waals surface area (Å²) in [4.78, 5) is 37.2. The number of carbonyl (C=O) groups is 3. The lowest BCUT2D eigenvalue weighted by molar-refractivity contribution is -0.870. The van der Waals surface area contributed by atoms with Crippen LogP contribution in [0.2, 0.25) is 0 Å². The Morgan fingerprint density at radius 2 is 0.889 bits per heavy atom. The van der Waals surface area contributed by atoms with E-state index in [1.165, 1.54) is 148 Å². The van der Waals surface area contributed by atoms with Gasteiger partial charge in [0.25, 0.3) is 6.29 Å². The Hall–Kier alpha value is -2.23. The highest BCUT2D eigenvalue weighted by Gasteiger charge is 2.25. The summed E-state index contributed by atoms with van der Waals surface area (Å²) in [5, 5.41) is 9.66. The molecule has 0 bridgehead atoms. The SMILES string of the molecule is CCC/C=C\C/C=C\CCCCCCCC(=O)OC(COC(=O)CCCCCCCCCCCCCCCCCCCCCCCCCCC)COC(OCC[N+](C)(C)C)C(=O)O. The molecule has 0 aliphatic heterocycles. The number of esters is 2. The quantitative estimate of drug-likeness (QED) is 0.0211. The van der Waals surface area contributed by atoms with Gasteiger partial charge in [-0.1, -0.05) is 218 Å². The largest absolute Gasteiger partial charge is 0.477 e. The zero-order valence-electron chi connectivity index (χ0n) is 42.0. The molecule has 0 rings (SSSR count). The maximum absolute atomic E-state index is 12.8. The fourth-order valence-electron chi connectivity index (χ4n) is 7.58. The summed E-state index contributed by atoms with van der Waals surface area (Å²) in [7, 11) is 5.96. The lowest BCUT2D eigenvalue weighted by Gasteiger charge is -2.25. The van der Waals surface area contributed by atoms with Gasteiger partial charge in [0.05, 0.1) is 34.4 Å². The molecule has 0 aromatic rings. The van der Waals surface area contributed by atoms with Crippen LogP contribution in [0.4, 0.5) is 0 Å². The normalized spacial score (nSPS) is 13.0. The molecule has 0 aromatic heterocycles. The van der Waals surface area contributed by atoms with Crippen molar-refractivity contribution >= 4 is 17.9 Å². The minimum atomic E-state index is -1.51. The number of carboxylic acids is 1. The topological polar surface area (TPSA) is 108 Å². The molecular formula is C54H102NO8+. The summed E-state index contributed by atoms with van der Waals surface area (Å²) in [6.07, 6.45) is 49.7. The van der Waals surface area contributed by atoms with Gasteiger partial charge >= 0.3 is 17.9 Å². The van der Waals surface area contributed by atoms with Crippen LogP contribution in [0.15, 0.2) is 24.3 Å². The predicted molar refractivity (Wildman–Crippen MR) is 263 cm³/mol. The molecule has 2 unspecified atom stereocenters. The lowest BCUT2D eigenvalue weighted by atomic mass is 10.0. The van der Waals surface area contributed by atoms with Crippen LogP contribution in [0.25, 0.3) is 0 Å². The third-order valence-corrected chi connectivity index (χ3v) is 11.7. The molecule has 0 fully saturated rings. The van der Waals surface area contributed by atoms with E-state index in [2.05, 4.69) is 38.2 Å². The first-order valence-electron chi connectivity index (χ1n) is 26.5. The average molecular weight is 893 g/mol. The van der Waals surface area contributed by atoms with E-state index in [-0.39, 0.29) is 32.2 Å². The van der Waals surface area contributed by atoms with Crippen molar-refractivity contribution in [2.24, 2.45) is 0 Å². The fourth-order valence-corrected chi connectivity index (χ4v) is 7.58. The average Bonchev–Trinajstić information content (AvgIpc) is 3.24. The monoisotopic (exact) mass is 893 g/mol. The van der Waals surface area contributed by atoms with E-state index in [9.17, 15) is 19.5 Å². The number of allylic oxidation sites excluding steroid dienone is 4. The Morgan fingerprint density at radius 3 is 1.32 bits per heavy atom. The van der Waals surface area contributed by atoms with Crippen LogP contribution in [0, 0.1) is 0 Å². The summed E-state index contributed by atoms with van der Waals surface area (Å²) in [6.45, 7) is 4.82. The van der Waals surface area contributed by atoms with Crippen molar-refractivity contribution in [3.63, 3.8) is 0 Å². The molecule has 0 amide bonds. The van der Waals surface area contributed by atoms with E-state index in [0.717, 1.165) is 64.2 Å². The van der Waals surface area contributed by atoms with E-state index in [1.54, 1.807) is 0 Å². The number of hydrogen-bond acceptors (Lipinski definition) is 7. The highest BCUT2D eigenvalue weighted by atomic mass is 16.7. The molecule has 0 spiro atoms. The van der Waals surface area contributed by atoms with Crippen molar-refractivity contribution < 1.29 is 42.9 Å². The molecular weight excluding hydrogens is 791 g/mol. The number of hydrogen-bond donors (Lipinski definition) is 1. The number of ether oxygens (including phenoxy) is 4. The van der Waals surface area contributed by atoms with Crippen LogP contribution in [-0.2, 0) is 33.3 Å². The Morgan fingerprint density at radius 1 is 0.476 bits per heavy atom. The van der Waals surface area contributed by atoms with E-state index in [0.29, 0.717) is 23.9 Å². The van der Waals surface area contributed by atoms with Gasteiger partial charge in [-0.3, -0.25) is 9.59 Å². The van der Waals surface area contributed by atoms with Gasteiger partial charge in [0, 0.05) is 12.8 Å². The Kier molecular flexibility index (Phi) is 44.7. The van der Waals surface area contributed by atoms with Crippen LogP contribution < -0.4 is 0 Å². The molecule has 370 valence electrons. The number of likely N-dealkylation sites (N-methyl/N-ethyl adjacent to an activating group) is 1. The van der Waals surface area contributed by atoms with E-state index >= 15 is 0 Å². The van der Waals surface area contributed by atoms with Crippen LogP contribution in [-0.4, -0.2) is 87.4 Å². The summed E-state index contributed by atoms with van der Waals surface area (Å²) >= 11 is 0. The Labute approximate surface area is 388 Å². The van der Waals surface area contributed by atoms with E-state index < -0.39 is 24.3 Å². The molecule has 0 saturated heterocycles. The minimum absolute atomic E-state index is 0.183. The Bertz CT molecular complexity index is 1090. The predicted octanol–water partition coefficient (Wildman–Crippen LogP) is 14.8. The van der Waals surface area contributed by atoms with Crippen molar-refractivity contribution in [1.29, 1.82) is 0 Å². The van der Waals surface area contributed by atoms with Gasteiger partial charge in [-0.25, -0.2) is 4.79 Å². The summed E-state index contributed by atoms with van der Waals surface area (Å²) in [6, 6.07) is 0. The van der Waals surface area contributed by atoms with Crippen molar-refractivity contribution in [2.45, 2.75) is 257 Å². The first kappa shape index (κ1) is 60.8. The van der Waals surface area contributed by atoms with Gasteiger partial charge in [0.15, 0.2) is 6.10 Å². The van der Waals surface area contributed by atoms with Crippen molar-refractivity contribution in [3.05, 3.63) is 24.3 Å². The molecule has 0 radical (unpaired) electrons. The summed E-state index contributed by atoms with van der Waals surface area (Å²) in [5.41, 5.74) is 0. The van der Waals surface area contributed by atoms with E-state index in [4.69, 9.17) is 18.9 Å². The van der Waals surface area contributed by atoms with Gasteiger partial charge in [-0.05, 0) is 38.5 Å². The van der Waals surface area contributed by atoms with Crippen LogP contribution in [0.5, 0.6) is 0 Å². The number of carboxylic acid groups (broad SMARTS) is 1. The number of rotatable bonds is 49. The highest BCUT2D eigenvalue weighted by molar-refractivity contribution is 5.71. The van der Waals surface area contributed by atoms with Crippen LogP contribution >= 0.6 is 0 Å². The van der Waals surface area contributed by atoms with E-state index in [1.807, 2.05) is 21.1 Å². The number of unbranched alkanes of at least 4 members (excludes halogenated alkanes) is 30. The molecule has 0 aliphatic carbocycles. The lowest BCUT2D eigenvalue weighted by Crippen LogP contribution is -2.40. The number of aliphatic carboxylic acids is 1. The molecule has 0 saturated carbocycles. The molecule has 63 heavy (non-hydrogen) atoms. The maximum Gasteiger partial charge on any atom is 0.361 e. The highest BCUT2D eigenvalue weighted by Crippen LogP contribution is 2.17. The van der Waals surface area contributed by atoms with Crippen LogP contribution in [0.1, 0.15) is 245 Å². The first-order chi connectivity index (χ1) is 30.6. The van der Waals surface area contributed by atoms with Crippen molar-refractivity contribution in [1.82, 2.24) is 0 Å². The molecule has 0 aliphatic rings.